The Morgan fingerprint density at radius 1 is 0.744 bits per heavy atom. The van der Waals surface area contributed by atoms with E-state index in [4.69, 9.17) is 5.11 Å². The van der Waals surface area contributed by atoms with Gasteiger partial charge in [-0.1, -0.05) is 24.3 Å². The molecule has 0 aliphatic rings. The van der Waals surface area contributed by atoms with Crippen molar-refractivity contribution in [3.63, 3.8) is 0 Å². The quantitative estimate of drug-likeness (QED) is 0.285. The number of nitrogens with one attached hydrogen (secondary N) is 2. The molecule has 0 radical (unpaired) electrons. The largest absolute Gasteiger partial charge is 0.478 e. The van der Waals surface area contributed by atoms with Crippen molar-refractivity contribution in [2.24, 2.45) is 0 Å². The van der Waals surface area contributed by atoms with Crippen molar-refractivity contribution in [1.82, 2.24) is 39.2 Å². The zero-order chi connectivity index (χ0) is 27.5. The van der Waals surface area contributed by atoms with Gasteiger partial charge in [0.15, 0.2) is 11.3 Å². The summed E-state index contributed by atoms with van der Waals surface area (Å²) in [6.07, 6.45) is 5.71. The number of hydrogen-bond acceptors (Lipinski definition) is 9. The highest BCUT2D eigenvalue weighted by Crippen LogP contribution is 2.23. The number of aromatic nitrogens is 8. The Balaban J connectivity index is 0.000000158. The lowest BCUT2D eigenvalue weighted by atomic mass is 10.1. The first-order valence-corrected chi connectivity index (χ1v) is 11.2. The van der Waals surface area contributed by atoms with Gasteiger partial charge in [-0.05, 0) is 35.4 Å². The maximum Gasteiger partial charge on any atom is 0.349 e. The first kappa shape index (κ1) is 24.8. The Morgan fingerprint density at radius 3 is 1.59 bits per heavy atom. The zero-order valence-corrected chi connectivity index (χ0v) is 20.1. The number of carboxylic acid groups (broad SMARTS) is 1. The average molecular weight is 526 g/mol. The number of aromatic amines is 2. The molecule has 0 aliphatic carbocycles. The topological polar surface area (TPSA) is 190 Å². The maximum atomic E-state index is 11.5. The van der Waals surface area contributed by atoms with Crippen molar-refractivity contribution in [2.45, 2.75) is 0 Å². The van der Waals surface area contributed by atoms with E-state index in [0.717, 1.165) is 15.6 Å². The molecule has 4 heterocycles. The third-order valence-corrected chi connectivity index (χ3v) is 5.68. The molecule has 0 fully saturated rings. The molecular formula is C25H18N8O6. The summed E-state index contributed by atoms with van der Waals surface area (Å²) in [6.45, 7) is 0. The van der Waals surface area contributed by atoms with Crippen molar-refractivity contribution >= 4 is 23.2 Å². The molecule has 0 aliphatic heterocycles. The normalized spacial score (nSPS) is 10.7. The van der Waals surface area contributed by atoms with E-state index in [9.17, 15) is 19.2 Å². The predicted octanol–water partition coefficient (Wildman–Crippen LogP) is 1.65. The van der Waals surface area contributed by atoms with Crippen LogP contribution in [-0.2, 0) is 4.74 Å². The summed E-state index contributed by atoms with van der Waals surface area (Å²) in [5, 5.41) is 16.8. The number of fused-ring (bicyclic) bond motifs is 2. The molecule has 0 amide bonds. The van der Waals surface area contributed by atoms with E-state index < -0.39 is 11.9 Å². The van der Waals surface area contributed by atoms with Crippen molar-refractivity contribution in [2.75, 3.05) is 7.11 Å². The monoisotopic (exact) mass is 526 g/mol. The number of esters is 1. The van der Waals surface area contributed by atoms with Crippen LogP contribution in [0.3, 0.4) is 0 Å². The molecule has 6 aromatic rings. The second-order valence-corrected chi connectivity index (χ2v) is 7.95. The van der Waals surface area contributed by atoms with E-state index in [-0.39, 0.29) is 16.9 Å². The third kappa shape index (κ3) is 4.76. The molecule has 3 N–H and O–H groups in total. The average Bonchev–Trinajstić information content (AvgIpc) is 3.60. The fourth-order valence-corrected chi connectivity index (χ4v) is 3.75. The van der Waals surface area contributed by atoms with Crippen LogP contribution in [0.2, 0.25) is 0 Å². The number of rotatable bonds is 4. The number of aromatic carboxylic acids is 1. The fourth-order valence-electron chi connectivity index (χ4n) is 3.75. The van der Waals surface area contributed by atoms with Gasteiger partial charge in [0.25, 0.3) is 0 Å². The minimum Gasteiger partial charge on any atom is -0.478 e. The van der Waals surface area contributed by atoms with Gasteiger partial charge in [-0.25, -0.2) is 29.1 Å². The molecule has 0 saturated heterocycles. The van der Waals surface area contributed by atoms with Crippen LogP contribution < -0.4 is 11.4 Å². The van der Waals surface area contributed by atoms with Gasteiger partial charge in [0.2, 0.25) is 0 Å². The summed E-state index contributed by atoms with van der Waals surface area (Å²) in [5.41, 5.74) is 3.75. The van der Waals surface area contributed by atoms with Crippen molar-refractivity contribution in [3.05, 3.63) is 106 Å². The highest BCUT2D eigenvalue weighted by Gasteiger charge is 2.12. The number of methoxy groups -OCH3 is 1. The highest BCUT2D eigenvalue weighted by molar-refractivity contribution is 5.90. The molecule has 0 atom stereocenters. The Hall–Kier alpha value is -5.92. The molecule has 0 bridgehead atoms. The van der Waals surface area contributed by atoms with E-state index in [1.54, 1.807) is 42.6 Å². The predicted molar refractivity (Wildman–Crippen MR) is 136 cm³/mol. The summed E-state index contributed by atoms with van der Waals surface area (Å²) in [4.78, 5) is 58.2. The van der Waals surface area contributed by atoms with Crippen molar-refractivity contribution < 1.29 is 19.4 Å². The Bertz CT molecular complexity index is 1930. The van der Waals surface area contributed by atoms with E-state index in [0.29, 0.717) is 28.0 Å². The highest BCUT2D eigenvalue weighted by atomic mass is 16.5. The lowest BCUT2D eigenvalue weighted by molar-refractivity contribution is 0.0599. The second kappa shape index (κ2) is 10.2. The Morgan fingerprint density at radius 2 is 1.18 bits per heavy atom. The second-order valence-electron chi connectivity index (χ2n) is 7.95. The van der Waals surface area contributed by atoms with E-state index in [1.165, 1.54) is 42.6 Å². The summed E-state index contributed by atoms with van der Waals surface area (Å²) < 4.78 is 6.98. The van der Waals surface area contributed by atoms with E-state index >= 15 is 0 Å². The van der Waals surface area contributed by atoms with Gasteiger partial charge in [0, 0.05) is 11.1 Å². The number of carbonyl (C=O) groups is 2. The van der Waals surface area contributed by atoms with Gasteiger partial charge in [-0.2, -0.15) is 19.2 Å². The molecule has 39 heavy (non-hydrogen) atoms. The lowest BCUT2D eigenvalue weighted by Gasteiger charge is -2.01. The van der Waals surface area contributed by atoms with Crippen LogP contribution in [0.4, 0.5) is 0 Å². The molecular weight excluding hydrogens is 508 g/mol. The number of nitrogens with zero attached hydrogens (tertiary/aromatic N) is 6. The summed E-state index contributed by atoms with van der Waals surface area (Å²) >= 11 is 0. The van der Waals surface area contributed by atoms with Crippen LogP contribution >= 0.6 is 0 Å². The van der Waals surface area contributed by atoms with Gasteiger partial charge >= 0.3 is 23.3 Å². The van der Waals surface area contributed by atoms with Crippen LogP contribution in [0.1, 0.15) is 20.7 Å². The molecule has 194 valence electrons. The summed E-state index contributed by atoms with van der Waals surface area (Å²) in [6, 6.07) is 13.1. The molecule has 6 rings (SSSR count). The third-order valence-electron chi connectivity index (χ3n) is 5.68. The molecule has 4 aromatic heterocycles. The standard InChI is InChI=1S/C13H10N4O3.C12H8N4O3/c1-20-12(18)9-4-2-8(3-5-9)10-6-16-17-11(10)14-7-15-13(17)19;17-11(18)8-3-1-7(2-4-8)9-5-15-16-10(9)13-6-14-12(16)19/h2-7H,1H3,(H,14,15,19);1-6H,(H,17,18)(H,13,14,19). The van der Waals surface area contributed by atoms with Crippen LogP contribution in [-0.4, -0.2) is 63.3 Å². The Kier molecular flexibility index (Phi) is 6.48. The molecule has 14 nitrogen and oxygen atoms in total. The van der Waals surface area contributed by atoms with Crippen LogP contribution in [0.5, 0.6) is 0 Å². The molecule has 2 aromatic carbocycles. The van der Waals surface area contributed by atoms with Gasteiger partial charge in [0.05, 0.1) is 43.3 Å². The van der Waals surface area contributed by atoms with Gasteiger partial charge in [-0.3, -0.25) is 9.97 Å². The van der Waals surface area contributed by atoms with Crippen LogP contribution in [0.25, 0.3) is 33.5 Å². The lowest BCUT2D eigenvalue weighted by Crippen LogP contribution is -2.17. The van der Waals surface area contributed by atoms with E-state index in [2.05, 4.69) is 34.9 Å². The molecule has 0 spiro atoms. The van der Waals surface area contributed by atoms with Gasteiger partial charge < -0.3 is 9.84 Å². The van der Waals surface area contributed by atoms with Crippen molar-refractivity contribution in [3.8, 4) is 22.3 Å². The Labute approximate surface area is 217 Å². The minimum atomic E-state index is -0.985. The number of benzene rings is 2. The smallest absolute Gasteiger partial charge is 0.349 e. The van der Waals surface area contributed by atoms with Gasteiger partial charge in [-0.15, -0.1) is 0 Å². The van der Waals surface area contributed by atoms with Crippen molar-refractivity contribution in [1.29, 1.82) is 0 Å². The fraction of sp³-hybridized carbons (Fsp3) is 0.0400. The summed E-state index contributed by atoms with van der Waals surface area (Å²) in [7, 11) is 1.33. The molecule has 14 heteroatoms. The van der Waals surface area contributed by atoms with Crippen LogP contribution in [0.15, 0.2) is 83.2 Å². The number of hydrogen-bond donors (Lipinski definition) is 3. The zero-order valence-electron chi connectivity index (χ0n) is 20.1. The number of H-pyrrole nitrogens is 2. The summed E-state index contributed by atoms with van der Waals surface area (Å²) in [5.74, 6) is -1.38. The van der Waals surface area contributed by atoms with Crippen LogP contribution in [0, 0.1) is 0 Å². The molecule has 0 saturated carbocycles. The number of carbonyl (C=O) groups excluding carboxylic acids is 1. The molecule has 0 unspecified atom stereocenters. The first-order chi connectivity index (χ1) is 18.9. The number of ether oxygens (including phenoxy) is 1. The minimum absolute atomic E-state index is 0.200. The van der Waals surface area contributed by atoms with E-state index in [1.807, 2.05) is 0 Å². The first-order valence-electron chi connectivity index (χ1n) is 11.2. The maximum absolute atomic E-state index is 11.5. The SMILES string of the molecule is COC(=O)c1ccc(-c2cnn3c(=O)[nH]cnc23)cc1.O=C(O)c1ccc(-c2cnn3c(=O)[nH]cnc23)cc1. The van der Waals surface area contributed by atoms with Gasteiger partial charge in [0.1, 0.15) is 0 Å². The number of carboxylic acids is 1.